The van der Waals surface area contributed by atoms with Gasteiger partial charge in [-0.3, -0.25) is 9.59 Å². The fraction of sp³-hybridized carbons (Fsp3) is 0.579. The maximum atomic E-state index is 11.9. The van der Waals surface area contributed by atoms with Crippen molar-refractivity contribution in [1.29, 1.82) is 0 Å². The monoisotopic (exact) mass is 410 g/mol. The fourth-order valence-electron chi connectivity index (χ4n) is 3.07. The van der Waals surface area contributed by atoms with Gasteiger partial charge in [-0.2, -0.15) is 0 Å². The van der Waals surface area contributed by atoms with E-state index >= 15 is 0 Å². The molecule has 1 fully saturated rings. The fourth-order valence-corrected chi connectivity index (χ4v) is 3.33. The molecule has 1 aliphatic heterocycles. The Morgan fingerprint density at radius 3 is 2.48 bits per heavy atom. The Morgan fingerprint density at radius 2 is 1.80 bits per heavy atom. The Balaban J connectivity index is 1.52. The zero-order valence-corrected chi connectivity index (χ0v) is 16.5. The third kappa shape index (κ3) is 7.57. The largest absolute Gasteiger partial charge is 0.356 e. The molecule has 2 amide bonds. The minimum Gasteiger partial charge on any atom is -0.356 e. The molecule has 0 bridgehead atoms. The van der Waals surface area contributed by atoms with Crippen LogP contribution in [0.1, 0.15) is 43.0 Å². The Kier molecular flexibility index (Phi) is 8.41. The second-order valence-electron chi connectivity index (χ2n) is 6.90. The molecular formula is C19H29BrN3O2+. The molecule has 1 aromatic rings. The van der Waals surface area contributed by atoms with Crippen molar-refractivity contribution in [2.24, 2.45) is 5.92 Å². The second kappa shape index (κ2) is 10.6. The summed E-state index contributed by atoms with van der Waals surface area (Å²) in [4.78, 5) is 25.4. The minimum absolute atomic E-state index is 0.00151. The quantitative estimate of drug-likeness (QED) is 0.567. The molecule has 25 heavy (non-hydrogen) atoms. The highest BCUT2D eigenvalue weighted by Crippen LogP contribution is 2.10. The summed E-state index contributed by atoms with van der Waals surface area (Å²) in [6.45, 7) is 7.06. The maximum Gasteiger partial charge on any atom is 0.251 e. The Labute approximate surface area is 158 Å². The Morgan fingerprint density at radius 1 is 1.12 bits per heavy atom. The first-order valence-corrected chi connectivity index (χ1v) is 9.98. The van der Waals surface area contributed by atoms with E-state index in [1.54, 1.807) is 17.0 Å². The number of hydrogen-bond donors (Lipinski definition) is 3. The van der Waals surface area contributed by atoms with Gasteiger partial charge in [0.25, 0.3) is 5.91 Å². The molecule has 1 saturated heterocycles. The molecular weight excluding hydrogens is 382 g/mol. The average Bonchev–Trinajstić information content (AvgIpc) is 2.61. The number of likely N-dealkylation sites (tertiary alicyclic amines) is 1. The summed E-state index contributed by atoms with van der Waals surface area (Å²) in [6.07, 6.45) is 3.97. The lowest BCUT2D eigenvalue weighted by molar-refractivity contribution is -0.906. The number of rotatable bonds is 8. The summed E-state index contributed by atoms with van der Waals surface area (Å²) in [7, 11) is 0. The summed E-state index contributed by atoms with van der Waals surface area (Å²) >= 11 is 3.34. The highest BCUT2D eigenvalue weighted by atomic mass is 79.9. The first kappa shape index (κ1) is 19.9. The van der Waals surface area contributed by atoms with Crippen LogP contribution < -0.4 is 15.5 Å². The van der Waals surface area contributed by atoms with Crippen LogP contribution in [-0.4, -0.2) is 44.5 Å². The molecule has 0 radical (unpaired) electrons. The van der Waals surface area contributed by atoms with E-state index in [1.165, 1.54) is 25.9 Å². The van der Waals surface area contributed by atoms with Gasteiger partial charge in [0.15, 0.2) is 0 Å². The van der Waals surface area contributed by atoms with Gasteiger partial charge in [-0.25, -0.2) is 0 Å². The highest BCUT2D eigenvalue weighted by Gasteiger charge is 2.18. The van der Waals surface area contributed by atoms with Crippen molar-refractivity contribution in [2.75, 3.05) is 32.7 Å². The zero-order chi connectivity index (χ0) is 18.1. The van der Waals surface area contributed by atoms with Crippen molar-refractivity contribution in [1.82, 2.24) is 10.6 Å². The summed E-state index contributed by atoms with van der Waals surface area (Å²) in [5, 5.41) is 5.72. The van der Waals surface area contributed by atoms with Crippen molar-refractivity contribution in [2.45, 2.75) is 32.6 Å². The number of carbonyl (C=O) groups is 2. The maximum absolute atomic E-state index is 11.9. The first-order chi connectivity index (χ1) is 12.0. The van der Waals surface area contributed by atoms with Crippen LogP contribution >= 0.6 is 15.9 Å². The molecule has 0 saturated carbocycles. The van der Waals surface area contributed by atoms with Crippen LogP contribution in [0.15, 0.2) is 28.7 Å². The van der Waals surface area contributed by atoms with E-state index in [4.69, 9.17) is 0 Å². The van der Waals surface area contributed by atoms with E-state index in [-0.39, 0.29) is 11.8 Å². The highest BCUT2D eigenvalue weighted by molar-refractivity contribution is 9.10. The van der Waals surface area contributed by atoms with Gasteiger partial charge in [0, 0.05) is 36.0 Å². The van der Waals surface area contributed by atoms with Crippen LogP contribution in [0.4, 0.5) is 0 Å². The topological polar surface area (TPSA) is 62.6 Å². The summed E-state index contributed by atoms with van der Waals surface area (Å²) in [5.41, 5.74) is 0.599. The molecule has 0 aromatic heterocycles. The molecule has 0 spiro atoms. The van der Waals surface area contributed by atoms with Crippen LogP contribution in [0.3, 0.4) is 0 Å². The number of quaternary nitrogens is 1. The van der Waals surface area contributed by atoms with Crippen molar-refractivity contribution in [3.05, 3.63) is 34.3 Å². The van der Waals surface area contributed by atoms with Gasteiger partial charge in [-0.15, -0.1) is 0 Å². The van der Waals surface area contributed by atoms with Crippen LogP contribution in [0.2, 0.25) is 0 Å². The average molecular weight is 411 g/mol. The van der Waals surface area contributed by atoms with E-state index in [1.807, 2.05) is 12.1 Å². The van der Waals surface area contributed by atoms with Gasteiger partial charge in [0.05, 0.1) is 19.6 Å². The normalized spacial score (nSPS) is 20.1. The third-order valence-corrected chi connectivity index (χ3v) is 5.28. The lowest BCUT2D eigenvalue weighted by Crippen LogP contribution is -3.13. The van der Waals surface area contributed by atoms with E-state index in [9.17, 15) is 9.59 Å². The second-order valence-corrected chi connectivity index (χ2v) is 7.81. The van der Waals surface area contributed by atoms with E-state index < -0.39 is 0 Å². The van der Waals surface area contributed by atoms with E-state index in [0.717, 1.165) is 29.9 Å². The number of carbonyl (C=O) groups excluding carboxylic acids is 2. The van der Waals surface area contributed by atoms with Gasteiger partial charge in [0.2, 0.25) is 5.91 Å². The van der Waals surface area contributed by atoms with E-state index in [2.05, 4.69) is 33.5 Å². The van der Waals surface area contributed by atoms with Crippen LogP contribution in [0.5, 0.6) is 0 Å². The van der Waals surface area contributed by atoms with Crippen molar-refractivity contribution >= 4 is 27.7 Å². The van der Waals surface area contributed by atoms with Crippen molar-refractivity contribution in [3.63, 3.8) is 0 Å². The Hall–Kier alpha value is -1.40. The van der Waals surface area contributed by atoms with Gasteiger partial charge in [-0.1, -0.05) is 22.9 Å². The molecule has 0 unspecified atom stereocenters. The van der Waals surface area contributed by atoms with Crippen molar-refractivity contribution in [3.8, 4) is 0 Å². The van der Waals surface area contributed by atoms with Crippen molar-refractivity contribution < 1.29 is 14.5 Å². The number of nitrogens with one attached hydrogen (secondary N) is 3. The number of amides is 2. The predicted molar refractivity (Wildman–Crippen MR) is 103 cm³/mol. The van der Waals surface area contributed by atoms with Crippen LogP contribution in [0.25, 0.3) is 0 Å². The smallest absolute Gasteiger partial charge is 0.251 e. The number of benzene rings is 1. The Bertz CT molecular complexity index is 554. The van der Waals surface area contributed by atoms with E-state index in [0.29, 0.717) is 18.5 Å². The first-order valence-electron chi connectivity index (χ1n) is 9.18. The number of hydrogen-bond acceptors (Lipinski definition) is 2. The summed E-state index contributed by atoms with van der Waals surface area (Å²) < 4.78 is 0.935. The van der Waals surface area contributed by atoms with Crippen LogP contribution in [0, 0.1) is 5.92 Å². The lowest BCUT2D eigenvalue weighted by Gasteiger charge is -2.27. The molecule has 2 rings (SSSR count). The van der Waals surface area contributed by atoms with Gasteiger partial charge >= 0.3 is 0 Å². The molecule has 3 N–H and O–H groups in total. The molecule has 6 heteroatoms. The number of piperidine rings is 1. The van der Waals surface area contributed by atoms with Gasteiger partial charge in [-0.05, 0) is 43.0 Å². The molecule has 0 aliphatic carbocycles. The standard InChI is InChI=1S/C19H28BrN3O2/c1-15-8-13-23(14-9-15)12-2-10-21-18(24)7-11-22-19(25)16-3-5-17(20)6-4-16/h3-6,15H,2,7-14H2,1H3,(H,21,24)(H,22,25)/p+1. The minimum atomic E-state index is -0.150. The lowest BCUT2D eigenvalue weighted by atomic mass is 9.99. The molecule has 0 atom stereocenters. The number of halogens is 1. The molecule has 1 aliphatic rings. The molecule has 5 nitrogen and oxygen atoms in total. The summed E-state index contributed by atoms with van der Waals surface area (Å²) in [6, 6.07) is 7.16. The van der Waals surface area contributed by atoms with Gasteiger partial charge < -0.3 is 15.5 Å². The zero-order valence-electron chi connectivity index (χ0n) is 14.9. The SMILES string of the molecule is CC1CC[NH+](CCCNC(=O)CCNC(=O)c2ccc(Br)cc2)CC1. The van der Waals surface area contributed by atoms with Gasteiger partial charge in [0.1, 0.15) is 0 Å². The van der Waals surface area contributed by atoms with Crippen LogP contribution in [-0.2, 0) is 4.79 Å². The molecule has 138 valence electrons. The summed E-state index contributed by atoms with van der Waals surface area (Å²) in [5.74, 6) is 0.720. The molecule has 1 aromatic carbocycles. The predicted octanol–water partition coefficient (Wildman–Crippen LogP) is 1.39. The molecule has 1 heterocycles. The third-order valence-electron chi connectivity index (χ3n) is 4.75.